The van der Waals surface area contributed by atoms with Gasteiger partial charge in [0.15, 0.2) is 0 Å². The van der Waals surface area contributed by atoms with Gasteiger partial charge in [-0.1, -0.05) is 29.8 Å². The van der Waals surface area contributed by atoms with Crippen molar-refractivity contribution in [3.63, 3.8) is 0 Å². The molecule has 1 aromatic carbocycles. The first-order valence-electron chi connectivity index (χ1n) is 6.67. The molecule has 1 aliphatic heterocycles. The lowest BCUT2D eigenvalue weighted by Crippen LogP contribution is -2.51. The van der Waals surface area contributed by atoms with Crippen molar-refractivity contribution in [2.24, 2.45) is 0 Å². The molecule has 20 heavy (non-hydrogen) atoms. The zero-order valence-electron chi connectivity index (χ0n) is 11.5. The third-order valence-corrected chi connectivity index (χ3v) is 3.42. The van der Waals surface area contributed by atoms with Gasteiger partial charge in [0.2, 0.25) is 0 Å². The zero-order valence-corrected chi connectivity index (χ0v) is 11.5. The summed E-state index contributed by atoms with van der Waals surface area (Å²) >= 11 is 0. The van der Waals surface area contributed by atoms with Crippen LogP contribution in [-0.2, 0) is 16.2 Å². The molecule has 1 amide bonds. The van der Waals surface area contributed by atoms with Crippen LogP contribution in [0.1, 0.15) is 24.0 Å². The van der Waals surface area contributed by atoms with E-state index in [-0.39, 0.29) is 6.42 Å². The Morgan fingerprint density at radius 2 is 2.35 bits per heavy atom. The SMILES string of the molecule is Cc1cccc(CON2CC[C@H](O)C[C@@H]2C(=O)NO)c1. The molecule has 0 spiro atoms. The van der Waals surface area contributed by atoms with Crippen LogP contribution in [0, 0.1) is 6.92 Å². The minimum Gasteiger partial charge on any atom is -0.393 e. The number of nitrogens with zero attached hydrogens (tertiary/aromatic N) is 1. The fourth-order valence-corrected chi connectivity index (χ4v) is 2.35. The summed E-state index contributed by atoms with van der Waals surface area (Å²) in [6.07, 6.45) is 0.250. The monoisotopic (exact) mass is 280 g/mol. The van der Waals surface area contributed by atoms with Crippen LogP contribution >= 0.6 is 0 Å². The Morgan fingerprint density at radius 3 is 3.05 bits per heavy atom. The molecular formula is C14H20N2O4. The van der Waals surface area contributed by atoms with Crippen LogP contribution in [-0.4, -0.2) is 40.0 Å². The highest BCUT2D eigenvalue weighted by Crippen LogP contribution is 2.19. The summed E-state index contributed by atoms with van der Waals surface area (Å²) < 4.78 is 0. The van der Waals surface area contributed by atoms with Gasteiger partial charge in [0.1, 0.15) is 6.04 Å². The molecule has 0 unspecified atom stereocenters. The number of aryl methyl sites for hydroxylation is 1. The third kappa shape index (κ3) is 3.77. The summed E-state index contributed by atoms with van der Waals surface area (Å²) in [7, 11) is 0. The van der Waals surface area contributed by atoms with E-state index in [0.29, 0.717) is 19.6 Å². The lowest BCUT2D eigenvalue weighted by Gasteiger charge is -2.35. The predicted molar refractivity (Wildman–Crippen MR) is 71.6 cm³/mol. The molecule has 1 heterocycles. The Morgan fingerprint density at radius 1 is 1.55 bits per heavy atom. The number of aliphatic hydroxyl groups excluding tert-OH is 1. The second-order valence-electron chi connectivity index (χ2n) is 5.07. The maximum absolute atomic E-state index is 11.6. The van der Waals surface area contributed by atoms with Gasteiger partial charge in [-0.25, -0.2) is 5.48 Å². The van der Waals surface area contributed by atoms with E-state index in [1.165, 1.54) is 5.06 Å². The number of aliphatic hydroxyl groups is 1. The molecule has 1 fully saturated rings. The van der Waals surface area contributed by atoms with Crippen LogP contribution in [0.4, 0.5) is 0 Å². The standard InChI is InChI=1S/C14H20N2O4/c1-10-3-2-4-11(7-10)9-20-16-6-5-12(17)8-13(16)14(18)15-19/h2-4,7,12-13,17,19H,5-6,8-9H2,1H3,(H,15,18)/t12-,13+/m0/s1. The van der Waals surface area contributed by atoms with Gasteiger partial charge in [-0.3, -0.25) is 14.8 Å². The molecule has 6 heteroatoms. The quantitative estimate of drug-likeness (QED) is 0.560. The molecule has 0 aromatic heterocycles. The van der Waals surface area contributed by atoms with E-state index in [1.54, 1.807) is 5.48 Å². The van der Waals surface area contributed by atoms with Crippen LogP contribution in [0.5, 0.6) is 0 Å². The van der Waals surface area contributed by atoms with E-state index in [0.717, 1.165) is 11.1 Å². The number of hydrogen-bond acceptors (Lipinski definition) is 5. The van der Waals surface area contributed by atoms with Gasteiger partial charge in [-0.15, -0.1) is 0 Å². The minimum absolute atomic E-state index is 0.250. The minimum atomic E-state index is -0.673. The van der Waals surface area contributed by atoms with Gasteiger partial charge >= 0.3 is 0 Å². The lowest BCUT2D eigenvalue weighted by molar-refractivity contribution is -0.219. The maximum atomic E-state index is 11.6. The number of hydroxylamine groups is 3. The predicted octanol–water partition coefficient (Wildman–Crippen LogP) is 0.757. The Kier molecular flexibility index (Phi) is 5.08. The Balaban J connectivity index is 1.97. The molecule has 0 radical (unpaired) electrons. The Labute approximate surface area is 117 Å². The number of piperidine rings is 1. The van der Waals surface area contributed by atoms with E-state index < -0.39 is 18.1 Å². The summed E-state index contributed by atoms with van der Waals surface area (Å²) in [6, 6.07) is 7.25. The second-order valence-corrected chi connectivity index (χ2v) is 5.07. The van der Waals surface area contributed by atoms with Crippen molar-refractivity contribution in [2.75, 3.05) is 6.54 Å². The summed E-state index contributed by atoms with van der Waals surface area (Å²) in [5, 5.41) is 19.9. The highest BCUT2D eigenvalue weighted by atomic mass is 16.7. The zero-order chi connectivity index (χ0) is 14.5. The van der Waals surface area contributed by atoms with Crippen LogP contribution in [0.15, 0.2) is 24.3 Å². The highest BCUT2D eigenvalue weighted by Gasteiger charge is 2.33. The van der Waals surface area contributed by atoms with E-state index in [9.17, 15) is 9.90 Å². The molecule has 2 rings (SSSR count). The van der Waals surface area contributed by atoms with Crippen molar-refractivity contribution >= 4 is 5.91 Å². The van der Waals surface area contributed by atoms with Crippen molar-refractivity contribution in [3.05, 3.63) is 35.4 Å². The number of benzene rings is 1. The van der Waals surface area contributed by atoms with Crippen LogP contribution < -0.4 is 5.48 Å². The van der Waals surface area contributed by atoms with Crippen molar-refractivity contribution in [1.29, 1.82) is 0 Å². The van der Waals surface area contributed by atoms with Crippen LogP contribution in [0.3, 0.4) is 0 Å². The summed E-state index contributed by atoms with van der Waals surface area (Å²) in [6.45, 7) is 2.81. The van der Waals surface area contributed by atoms with E-state index in [2.05, 4.69) is 0 Å². The van der Waals surface area contributed by atoms with Gasteiger partial charge in [0.05, 0.1) is 12.7 Å². The lowest BCUT2D eigenvalue weighted by atomic mass is 10.0. The van der Waals surface area contributed by atoms with Crippen molar-refractivity contribution in [1.82, 2.24) is 10.5 Å². The molecule has 6 nitrogen and oxygen atoms in total. The van der Waals surface area contributed by atoms with Gasteiger partial charge in [-0.05, 0) is 18.9 Å². The van der Waals surface area contributed by atoms with E-state index in [4.69, 9.17) is 10.0 Å². The number of carbonyl (C=O) groups excluding carboxylic acids is 1. The van der Waals surface area contributed by atoms with Crippen LogP contribution in [0.25, 0.3) is 0 Å². The van der Waals surface area contributed by atoms with Crippen molar-refractivity contribution < 1.29 is 19.9 Å². The molecule has 0 aliphatic carbocycles. The van der Waals surface area contributed by atoms with Crippen molar-refractivity contribution in [2.45, 2.75) is 38.5 Å². The van der Waals surface area contributed by atoms with Gasteiger partial charge < -0.3 is 5.11 Å². The summed E-state index contributed by atoms with van der Waals surface area (Å²) in [4.78, 5) is 17.3. The van der Waals surface area contributed by atoms with Crippen LogP contribution in [0.2, 0.25) is 0 Å². The first-order valence-corrected chi connectivity index (χ1v) is 6.67. The fourth-order valence-electron chi connectivity index (χ4n) is 2.35. The van der Waals surface area contributed by atoms with Gasteiger partial charge in [-0.2, -0.15) is 5.06 Å². The number of nitrogens with one attached hydrogen (secondary N) is 1. The Bertz CT molecular complexity index is 466. The fraction of sp³-hybridized carbons (Fsp3) is 0.500. The third-order valence-electron chi connectivity index (χ3n) is 3.42. The summed E-state index contributed by atoms with van der Waals surface area (Å²) in [5.41, 5.74) is 3.78. The maximum Gasteiger partial charge on any atom is 0.263 e. The number of carbonyl (C=O) groups is 1. The average molecular weight is 280 g/mol. The van der Waals surface area contributed by atoms with Gasteiger partial charge in [0, 0.05) is 13.0 Å². The molecular weight excluding hydrogens is 260 g/mol. The average Bonchev–Trinajstić information content (AvgIpc) is 2.45. The number of hydrogen-bond donors (Lipinski definition) is 3. The summed E-state index contributed by atoms with van der Waals surface area (Å²) in [5.74, 6) is -0.562. The topological polar surface area (TPSA) is 82.0 Å². The van der Waals surface area contributed by atoms with E-state index >= 15 is 0 Å². The smallest absolute Gasteiger partial charge is 0.263 e. The molecule has 3 N–H and O–H groups in total. The molecule has 1 aromatic rings. The molecule has 0 saturated carbocycles. The molecule has 1 aliphatic rings. The first kappa shape index (κ1) is 14.9. The second kappa shape index (κ2) is 6.81. The number of rotatable bonds is 4. The largest absolute Gasteiger partial charge is 0.393 e. The molecule has 110 valence electrons. The Hall–Kier alpha value is -1.47. The molecule has 1 saturated heterocycles. The van der Waals surface area contributed by atoms with Crippen molar-refractivity contribution in [3.8, 4) is 0 Å². The highest BCUT2D eigenvalue weighted by molar-refractivity contribution is 5.80. The molecule has 0 bridgehead atoms. The van der Waals surface area contributed by atoms with Gasteiger partial charge in [0.25, 0.3) is 5.91 Å². The first-order chi connectivity index (χ1) is 9.60. The number of amides is 1. The normalized spacial score (nSPS) is 23.6. The molecule has 2 atom stereocenters. The van der Waals surface area contributed by atoms with E-state index in [1.807, 2.05) is 31.2 Å².